The largest absolute Gasteiger partial charge is 0.419 e. The standard InChI is InChI=1S/C13H14BrN3O2/c14-11-4-2-1-3-10(11)13-16-15-12(19-13)7-17-5-9(6-17)8-18/h1-4,9,18H,5-8H2. The minimum atomic E-state index is 0.253. The van der Waals surface area contributed by atoms with Gasteiger partial charge in [-0.2, -0.15) is 0 Å². The van der Waals surface area contributed by atoms with E-state index in [4.69, 9.17) is 9.52 Å². The Morgan fingerprint density at radius 2 is 2.11 bits per heavy atom. The first-order chi connectivity index (χ1) is 9.26. The molecule has 0 unspecified atom stereocenters. The highest BCUT2D eigenvalue weighted by atomic mass is 79.9. The number of likely N-dealkylation sites (tertiary alicyclic amines) is 1. The van der Waals surface area contributed by atoms with Crippen LogP contribution in [0.25, 0.3) is 11.5 Å². The molecule has 1 aliphatic rings. The van der Waals surface area contributed by atoms with Gasteiger partial charge in [-0.3, -0.25) is 4.90 Å². The van der Waals surface area contributed by atoms with E-state index in [1.807, 2.05) is 24.3 Å². The Morgan fingerprint density at radius 3 is 2.84 bits per heavy atom. The Morgan fingerprint density at radius 1 is 1.32 bits per heavy atom. The minimum absolute atomic E-state index is 0.253. The van der Waals surface area contributed by atoms with E-state index in [0.29, 0.717) is 24.2 Å². The first-order valence-corrected chi connectivity index (χ1v) is 6.96. The lowest BCUT2D eigenvalue weighted by Crippen LogP contribution is -2.47. The molecule has 0 radical (unpaired) electrons. The van der Waals surface area contributed by atoms with Crippen molar-refractivity contribution in [2.75, 3.05) is 19.7 Å². The van der Waals surface area contributed by atoms with Crippen molar-refractivity contribution in [1.29, 1.82) is 0 Å². The van der Waals surface area contributed by atoms with Gasteiger partial charge in [-0.15, -0.1) is 10.2 Å². The molecule has 3 rings (SSSR count). The van der Waals surface area contributed by atoms with E-state index >= 15 is 0 Å². The summed E-state index contributed by atoms with van der Waals surface area (Å²) in [5.41, 5.74) is 0.901. The molecule has 1 N–H and O–H groups in total. The molecule has 0 aliphatic carbocycles. The normalized spacial score (nSPS) is 16.5. The molecule has 2 aromatic rings. The van der Waals surface area contributed by atoms with Gasteiger partial charge in [-0.05, 0) is 28.1 Å². The lowest BCUT2D eigenvalue weighted by Gasteiger charge is -2.37. The molecular weight excluding hydrogens is 310 g/mol. The minimum Gasteiger partial charge on any atom is -0.419 e. The Kier molecular flexibility index (Phi) is 3.63. The molecule has 0 atom stereocenters. The van der Waals surface area contributed by atoms with Gasteiger partial charge in [0.1, 0.15) is 0 Å². The van der Waals surface area contributed by atoms with Gasteiger partial charge >= 0.3 is 0 Å². The summed E-state index contributed by atoms with van der Waals surface area (Å²) in [5, 5.41) is 17.1. The number of aliphatic hydroxyl groups excluding tert-OH is 1. The first kappa shape index (κ1) is 12.8. The quantitative estimate of drug-likeness (QED) is 0.931. The molecule has 0 bridgehead atoms. The molecule has 1 aromatic heterocycles. The predicted octanol–water partition coefficient (Wildman–Crippen LogP) is 1.92. The fourth-order valence-electron chi connectivity index (χ4n) is 2.17. The van der Waals surface area contributed by atoms with Crippen LogP contribution in [0.3, 0.4) is 0 Å². The number of halogens is 1. The van der Waals surface area contributed by atoms with Crippen LogP contribution in [0.4, 0.5) is 0 Å². The molecule has 19 heavy (non-hydrogen) atoms. The van der Waals surface area contributed by atoms with E-state index in [9.17, 15) is 0 Å². The third-order valence-corrected chi connectivity index (χ3v) is 3.91. The monoisotopic (exact) mass is 323 g/mol. The van der Waals surface area contributed by atoms with Crippen molar-refractivity contribution in [2.24, 2.45) is 5.92 Å². The summed E-state index contributed by atoms with van der Waals surface area (Å²) < 4.78 is 6.61. The summed E-state index contributed by atoms with van der Waals surface area (Å²) in [6.45, 7) is 2.68. The Hall–Kier alpha value is -1.24. The highest BCUT2D eigenvalue weighted by molar-refractivity contribution is 9.10. The van der Waals surface area contributed by atoms with Crippen LogP contribution in [-0.4, -0.2) is 39.9 Å². The highest BCUT2D eigenvalue weighted by Crippen LogP contribution is 2.27. The Labute approximate surface area is 119 Å². The average Bonchev–Trinajstić information content (AvgIpc) is 2.82. The molecule has 1 aliphatic heterocycles. The van der Waals surface area contributed by atoms with Crippen molar-refractivity contribution in [2.45, 2.75) is 6.54 Å². The van der Waals surface area contributed by atoms with Gasteiger partial charge in [-0.25, -0.2) is 0 Å². The van der Waals surface area contributed by atoms with Crippen molar-refractivity contribution in [1.82, 2.24) is 15.1 Å². The van der Waals surface area contributed by atoms with Crippen LogP contribution in [0, 0.1) is 5.92 Å². The molecule has 5 nitrogen and oxygen atoms in total. The second kappa shape index (κ2) is 5.40. The summed E-state index contributed by atoms with van der Waals surface area (Å²) in [6, 6.07) is 7.76. The van der Waals surface area contributed by atoms with E-state index < -0.39 is 0 Å². The fraction of sp³-hybridized carbons (Fsp3) is 0.385. The number of aromatic nitrogens is 2. The first-order valence-electron chi connectivity index (χ1n) is 6.17. The number of nitrogens with zero attached hydrogens (tertiary/aromatic N) is 3. The van der Waals surface area contributed by atoms with Crippen molar-refractivity contribution >= 4 is 15.9 Å². The zero-order chi connectivity index (χ0) is 13.2. The van der Waals surface area contributed by atoms with Crippen LogP contribution in [0.5, 0.6) is 0 Å². The zero-order valence-corrected chi connectivity index (χ0v) is 11.9. The molecule has 1 saturated heterocycles. The maximum absolute atomic E-state index is 8.97. The van der Waals surface area contributed by atoms with Crippen molar-refractivity contribution in [3.05, 3.63) is 34.6 Å². The summed E-state index contributed by atoms with van der Waals surface area (Å²) in [4.78, 5) is 2.18. The molecule has 0 amide bonds. The third-order valence-electron chi connectivity index (χ3n) is 3.22. The SMILES string of the molecule is OCC1CN(Cc2nnc(-c3ccccc3Br)o2)C1. The smallest absolute Gasteiger partial charge is 0.248 e. The van der Waals surface area contributed by atoms with Gasteiger partial charge in [0.05, 0.1) is 12.1 Å². The van der Waals surface area contributed by atoms with Gasteiger partial charge < -0.3 is 9.52 Å². The van der Waals surface area contributed by atoms with E-state index in [2.05, 4.69) is 31.0 Å². The second-order valence-corrected chi connectivity index (χ2v) is 5.58. The Balaban J connectivity index is 1.69. The third kappa shape index (κ3) is 2.70. The van der Waals surface area contributed by atoms with Crippen molar-refractivity contribution in [3.63, 3.8) is 0 Å². The number of hydrogen-bond acceptors (Lipinski definition) is 5. The second-order valence-electron chi connectivity index (χ2n) is 4.72. The van der Waals surface area contributed by atoms with E-state index in [-0.39, 0.29) is 6.61 Å². The summed E-state index contributed by atoms with van der Waals surface area (Å²) in [5.74, 6) is 1.54. The van der Waals surface area contributed by atoms with Gasteiger partial charge in [-0.1, -0.05) is 12.1 Å². The fourth-order valence-corrected chi connectivity index (χ4v) is 2.63. The lowest BCUT2D eigenvalue weighted by atomic mass is 10.0. The average molecular weight is 324 g/mol. The van der Waals surface area contributed by atoms with Crippen LogP contribution in [0.2, 0.25) is 0 Å². The Bertz CT molecular complexity index is 567. The number of aliphatic hydroxyl groups is 1. The van der Waals surface area contributed by atoms with Crippen molar-refractivity contribution in [3.8, 4) is 11.5 Å². The predicted molar refractivity (Wildman–Crippen MR) is 73.3 cm³/mol. The summed E-state index contributed by atoms with van der Waals surface area (Å²) >= 11 is 3.47. The molecule has 100 valence electrons. The molecule has 0 spiro atoms. The van der Waals surface area contributed by atoms with Gasteiger partial charge in [0.2, 0.25) is 11.8 Å². The molecule has 1 fully saturated rings. The molecule has 6 heteroatoms. The van der Waals surface area contributed by atoms with E-state index in [1.54, 1.807) is 0 Å². The molecule has 0 saturated carbocycles. The highest BCUT2D eigenvalue weighted by Gasteiger charge is 2.27. The van der Waals surface area contributed by atoms with Crippen molar-refractivity contribution < 1.29 is 9.52 Å². The van der Waals surface area contributed by atoms with E-state index in [1.165, 1.54) is 0 Å². The summed E-state index contributed by atoms with van der Waals surface area (Å²) in [7, 11) is 0. The number of hydrogen-bond donors (Lipinski definition) is 1. The summed E-state index contributed by atoms with van der Waals surface area (Å²) in [6.07, 6.45) is 0. The van der Waals surface area contributed by atoms with Crippen LogP contribution in [0.15, 0.2) is 33.2 Å². The maximum Gasteiger partial charge on any atom is 0.248 e. The van der Waals surface area contributed by atoms with E-state index in [0.717, 1.165) is 23.1 Å². The molecule has 2 heterocycles. The van der Waals surface area contributed by atoms with Gasteiger partial charge in [0.25, 0.3) is 0 Å². The maximum atomic E-state index is 8.97. The van der Waals surface area contributed by atoms with Crippen LogP contribution >= 0.6 is 15.9 Å². The topological polar surface area (TPSA) is 62.4 Å². The number of rotatable bonds is 4. The van der Waals surface area contributed by atoms with Crippen LogP contribution in [-0.2, 0) is 6.54 Å². The lowest BCUT2D eigenvalue weighted by molar-refractivity contribution is 0.0417. The number of benzene rings is 1. The van der Waals surface area contributed by atoms with Crippen LogP contribution < -0.4 is 0 Å². The van der Waals surface area contributed by atoms with Crippen LogP contribution in [0.1, 0.15) is 5.89 Å². The molecular formula is C13H14BrN3O2. The van der Waals surface area contributed by atoms with Gasteiger partial charge in [0, 0.05) is 30.1 Å². The molecule has 1 aromatic carbocycles. The zero-order valence-electron chi connectivity index (χ0n) is 10.3. The van der Waals surface area contributed by atoms with Gasteiger partial charge in [0.15, 0.2) is 0 Å².